The summed E-state index contributed by atoms with van der Waals surface area (Å²) in [5, 5.41) is 25.3. The van der Waals surface area contributed by atoms with Gasteiger partial charge in [-0.2, -0.15) is 0 Å². The van der Waals surface area contributed by atoms with Crippen molar-refractivity contribution in [3.05, 3.63) is 39.9 Å². The van der Waals surface area contributed by atoms with Crippen LogP contribution in [0.5, 0.6) is 0 Å². The summed E-state index contributed by atoms with van der Waals surface area (Å²) < 4.78 is 27.6. The standard InChI is InChI=1S/C23H26N4O9S4/c28-17(26-6-5-14(20(26)23(33)34)24-21(30)16-3-1-7-38-16)11-37-12-18(29)27-10-13(9-15(27)22(31)32)25-40(35,36)19-4-2-8-39-19/h1-4,7-8,13-15,20,25H,5-6,9-12H2,(H,24,30)(H,31,32)(H,33,34)/t13-,14-,15-,20-/m0/s1. The normalized spacial score (nSPS) is 22.8. The fraction of sp³-hybridized carbons (Fsp3) is 0.435. The summed E-state index contributed by atoms with van der Waals surface area (Å²) in [4.78, 5) is 64.5. The van der Waals surface area contributed by atoms with Crippen LogP contribution in [-0.4, -0.2) is 107 Å². The molecule has 0 aromatic carbocycles. The number of thiophene rings is 2. The van der Waals surface area contributed by atoms with Crippen molar-refractivity contribution < 1.29 is 42.6 Å². The van der Waals surface area contributed by atoms with Crippen LogP contribution >= 0.6 is 34.4 Å². The van der Waals surface area contributed by atoms with E-state index in [1.54, 1.807) is 29.0 Å². The Morgan fingerprint density at radius 2 is 1.65 bits per heavy atom. The summed E-state index contributed by atoms with van der Waals surface area (Å²) in [6.07, 6.45) is 0.141. The Morgan fingerprint density at radius 3 is 2.25 bits per heavy atom. The number of likely N-dealkylation sites (tertiary alicyclic amines) is 2. The van der Waals surface area contributed by atoms with Gasteiger partial charge in [0.15, 0.2) is 0 Å². The van der Waals surface area contributed by atoms with Crippen LogP contribution in [0.25, 0.3) is 0 Å². The number of thioether (sulfide) groups is 1. The third-order valence-electron chi connectivity index (χ3n) is 6.47. The van der Waals surface area contributed by atoms with E-state index in [1.807, 2.05) is 0 Å². The van der Waals surface area contributed by atoms with E-state index in [0.717, 1.165) is 32.9 Å². The molecule has 2 saturated heterocycles. The van der Waals surface area contributed by atoms with E-state index in [-0.39, 0.29) is 41.6 Å². The highest BCUT2D eigenvalue weighted by Crippen LogP contribution is 2.24. The van der Waals surface area contributed by atoms with Crippen molar-refractivity contribution in [2.24, 2.45) is 0 Å². The third-order valence-corrected chi connectivity index (χ3v) is 11.2. The molecule has 0 aliphatic carbocycles. The highest BCUT2D eigenvalue weighted by atomic mass is 32.2. The van der Waals surface area contributed by atoms with Crippen LogP contribution in [0.2, 0.25) is 0 Å². The highest BCUT2D eigenvalue weighted by molar-refractivity contribution is 8.00. The maximum atomic E-state index is 12.9. The number of hydrogen-bond acceptors (Lipinski definition) is 10. The van der Waals surface area contributed by atoms with Crippen molar-refractivity contribution in [1.29, 1.82) is 0 Å². The molecule has 4 heterocycles. The summed E-state index contributed by atoms with van der Waals surface area (Å²) in [6.45, 7) is -0.0350. The Hall–Kier alpha value is -2.99. The minimum atomic E-state index is -3.87. The van der Waals surface area contributed by atoms with Gasteiger partial charge in [-0.1, -0.05) is 12.1 Å². The second kappa shape index (κ2) is 12.7. The lowest BCUT2D eigenvalue weighted by molar-refractivity contribution is -0.147. The third kappa shape index (κ3) is 6.83. The number of carboxylic acid groups (broad SMARTS) is 2. The zero-order valence-corrected chi connectivity index (χ0v) is 24.1. The zero-order chi connectivity index (χ0) is 29.0. The molecule has 2 aromatic heterocycles. The summed E-state index contributed by atoms with van der Waals surface area (Å²) in [5.41, 5.74) is 0. The number of carbonyl (C=O) groups excluding carboxylic acids is 3. The molecular weight excluding hydrogens is 605 g/mol. The Balaban J connectivity index is 1.30. The largest absolute Gasteiger partial charge is 0.480 e. The second-order valence-electron chi connectivity index (χ2n) is 9.10. The molecule has 0 radical (unpaired) electrons. The zero-order valence-electron chi connectivity index (χ0n) is 20.8. The molecule has 0 saturated carbocycles. The molecule has 216 valence electrons. The summed E-state index contributed by atoms with van der Waals surface area (Å²) in [5.74, 6) is -4.57. The highest BCUT2D eigenvalue weighted by Gasteiger charge is 2.43. The Labute approximate surface area is 241 Å². The van der Waals surface area contributed by atoms with E-state index < -0.39 is 63.9 Å². The van der Waals surface area contributed by atoms with E-state index >= 15 is 0 Å². The Morgan fingerprint density at radius 1 is 0.975 bits per heavy atom. The predicted octanol–water partition coefficient (Wildman–Crippen LogP) is 0.359. The van der Waals surface area contributed by atoms with Gasteiger partial charge >= 0.3 is 11.9 Å². The smallest absolute Gasteiger partial charge is 0.328 e. The summed E-state index contributed by atoms with van der Waals surface area (Å²) in [7, 11) is -3.87. The molecule has 13 nitrogen and oxygen atoms in total. The van der Waals surface area contributed by atoms with Gasteiger partial charge in [0, 0.05) is 19.1 Å². The minimum absolute atomic E-state index is 0.0770. The Kier molecular flexibility index (Phi) is 9.50. The average Bonchev–Trinajstić information content (AvgIpc) is 3.70. The molecule has 3 amide bonds. The van der Waals surface area contributed by atoms with Crippen molar-refractivity contribution in [3.63, 3.8) is 0 Å². The molecule has 4 N–H and O–H groups in total. The molecule has 2 aliphatic heterocycles. The van der Waals surface area contributed by atoms with Gasteiger partial charge in [-0.3, -0.25) is 14.4 Å². The molecule has 2 aliphatic rings. The molecule has 17 heteroatoms. The maximum Gasteiger partial charge on any atom is 0.328 e. The molecule has 2 aromatic rings. The van der Waals surface area contributed by atoms with Gasteiger partial charge < -0.3 is 25.3 Å². The first-order chi connectivity index (χ1) is 19.0. The van der Waals surface area contributed by atoms with Crippen LogP contribution in [-0.2, 0) is 29.2 Å². The van der Waals surface area contributed by atoms with Crippen molar-refractivity contribution in [2.45, 2.75) is 41.2 Å². The molecule has 4 atom stereocenters. The van der Waals surface area contributed by atoms with Gasteiger partial charge in [0.25, 0.3) is 5.91 Å². The molecule has 0 spiro atoms. The van der Waals surface area contributed by atoms with Crippen molar-refractivity contribution in [2.75, 3.05) is 24.6 Å². The number of carbonyl (C=O) groups is 5. The number of nitrogens with one attached hydrogen (secondary N) is 2. The van der Waals surface area contributed by atoms with E-state index in [4.69, 9.17) is 0 Å². The number of carboxylic acids is 2. The van der Waals surface area contributed by atoms with E-state index in [0.29, 0.717) is 4.88 Å². The molecule has 4 rings (SSSR count). The van der Waals surface area contributed by atoms with Crippen LogP contribution in [0.1, 0.15) is 22.5 Å². The van der Waals surface area contributed by atoms with Gasteiger partial charge in [0.05, 0.1) is 22.4 Å². The first-order valence-electron chi connectivity index (χ1n) is 12.0. The Bertz CT molecular complexity index is 1360. The number of sulfonamides is 1. The van der Waals surface area contributed by atoms with Gasteiger partial charge in [0.2, 0.25) is 21.8 Å². The van der Waals surface area contributed by atoms with Crippen molar-refractivity contribution >= 4 is 74.1 Å². The van der Waals surface area contributed by atoms with Gasteiger partial charge in [-0.05, 0) is 35.7 Å². The lowest BCUT2D eigenvalue weighted by Crippen LogP contribution is -2.51. The van der Waals surface area contributed by atoms with Gasteiger partial charge in [0.1, 0.15) is 16.3 Å². The quantitative estimate of drug-likeness (QED) is 0.270. The average molecular weight is 631 g/mol. The van der Waals surface area contributed by atoms with E-state index in [9.17, 15) is 42.6 Å². The monoisotopic (exact) mass is 630 g/mol. The number of nitrogens with zero attached hydrogens (tertiary/aromatic N) is 2. The molecule has 2 fully saturated rings. The van der Waals surface area contributed by atoms with Gasteiger partial charge in [-0.15, -0.1) is 34.4 Å². The number of aliphatic carboxylic acids is 2. The number of hydrogen-bond donors (Lipinski definition) is 4. The fourth-order valence-electron chi connectivity index (χ4n) is 4.69. The van der Waals surface area contributed by atoms with Crippen LogP contribution < -0.4 is 10.0 Å². The van der Waals surface area contributed by atoms with Gasteiger partial charge in [-0.25, -0.2) is 22.7 Å². The fourth-order valence-corrected chi connectivity index (χ4v) is 8.35. The predicted molar refractivity (Wildman–Crippen MR) is 147 cm³/mol. The van der Waals surface area contributed by atoms with Crippen molar-refractivity contribution in [3.8, 4) is 0 Å². The number of amides is 3. The minimum Gasteiger partial charge on any atom is -0.480 e. The maximum absolute atomic E-state index is 12.9. The summed E-state index contributed by atoms with van der Waals surface area (Å²) in [6, 6.07) is 2.22. The van der Waals surface area contributed by atoms with Crippen LogP contribution in [0, 0.1) is 0 Å². The molecule has 0 bridgehead atoms. The first kappa shape index (κ1) is 30.0. The van der Waals surface area contributed by atoms with E-state index in [2.05, 4.69) is 10.0 Å². The molecule has 0 unspecified atom stereocenters. The van der Waals surface area contributed by atoms with Crippen LogP contribution in [0.3, 0.4) is 0 Å². The SMILES string of the molecule is O=C(N[C@H]1CCN(C(=O)CSCC(=O)N2C[C@@H](NS(=O)(=O)c3cccs3)C[C@H]2C(=O)O)[C@@H]1C(=O)O)c1cccs1. The number of rotatable bonds is 11. The first-order valence-corrected chi connectivity index (χ1v) is 16.4. The van der Waals surface area contributed by atoms with E-state index in [1.165, 1.54) is 17.4 Å². The molecule has 40 heavy (non-hydrogen) atoms. The molecular formula is C23H26N4O9S4. The van der Waals surface area contributed by atoms with Crippen LogP contribution in [0.4, 0.5) is 0 Å². The second-order valence-corrected chi connectivity index (χ2v) is 13.9. The van der Waals surface area contributed by atoms with Crippen molar-refractivity contribution in [1.82, 2.24) is 19.8 Å². The van der Waals surface area contributed by atoms with Crippen LogP contribution in [0.15, 0.2) is 39.2 Å². The lowest BCUT2D eigenvalue weighted by atomic mass is 10.1. The lowest BCUT2D eigenvalue weighted by Gasteiger charge is -2.25. The summed E-state index contributed by atoms with van der Waals surface area (Å²) >= 11 is 3.13. The topological polar surface area (TPSA) is 190 Å².